The Hall–Kier alpha value is -0.120. The second-order valence-electron chi connectivity index (χ2n) is 7.40. The van der Waals surface area contributed by atoms with E-state index >= 15 is 0 Å². The summed E-state index contributed by atoms with van der Waals surface area (Å²) in [5.41, 5.74) is 0. The standard InChI is InChI=1S/C19H39N3/c1-5-9-10-16-14-20-11-12-22(16)19-18(8-4)17(7-3)15(6-2)13-21-19/h15-21H,5-14H2,1-4H3. The molecule has 0 radical (unpaired) electrons. The summed E-state index contributed by atoms with van der Waals surface area (Å²) < 4.78 is 0. The lowest BCUT2D eigenvalue weighted by molar-refractivity contribution is -0.0190. The molecule has 2 rings (SSSR count). The summed E-state index contributed by atoms with van der Waals surface area (Å²) in [6, 6.07) is 0.732. The largest absolute Gasteiger partial charge is 0.314 e. The van der Waals surface area contributed by atoms with Crippen LogP contribution in [-0.4, -0.2) is 43.3 Å². The normalized spacial score (nSPS) is 37.4. The van der Waals surface area contributed by atoms with Crippen molar-refractivity contribution in [3.63, 3.8) is 0 Å². The quantitative estimate of drug-likeness (QED) is 0.754. The fraction of sp³-hybridized carbons (Fsp3) is 1.00. The molecule has 5 unspecified atom stereocenters. The van der Waals surface area contributed by atoms with Gasteiger partial charge in [-0.3, -0.25) is 4.90 Å². The fourth-order valence-electron chi connectivity index (χ4n) is 4.98. The number of nitrogens with zero attached hydrogens (tertiary/aromatic N) is 1. The number of piperidine rings is 1. The first kappa shape index (κ1) is 18.2. The molecule has 0 amide bonds. The molecule has 2 saturated heterocycles. The lowest BCUT2D eigenvalue weighted by Gasteiger charge is -2.51. The second kappa shape index (κ2) is 9.24. The van der Waals surface area contributed by atoms with Crippen molar-refractivity contribution in [2.75, 3.05) is 26.2 Å². The zero-order chi connectivity index (χ0) is 15.9. The Labute approximate surface area is 138 Å². The van der Waals surface area contributed by atoms with Gasteiger partial charge < -0.3 is 10.6 Å². The third kappa shape index (κ3) is 4.04. The van der Waals surface area contributed by atoms with Gasteiger partial charge in [-0.2, -0.15) is 0 Å². The van der Waals surface area contributed by atoms with Gasteiger partial charge in [0.15, 0.2) is 0 Å². The van der Waals surface area contributed by atoms with Gasteiger partial charge in [0.1, 0.15) is 0 Å². The lowest BCUT2D eigenvalue weighted by atomic mass is 9.72. The molecule has 22 heavy (non-hydrogen) atoms. The van der Waals surface area contributed by atoms with E-state index in [1.165, 1.54) is 58.2 Å². The van der Waals surface area contributed by atoms with E-state index in [0.29, 0.717) is 6.17 Å². The molecular formula is C19H39N3. The summed E-state index contributed by atoms with van der Waals surface area (Å²) in [6.45, 7) is 14.3. The summed E-state index contributed by atoms with van der Waals surface area (Å²) in [4.78, 5) is 2.83. The molecule has 5 atom stereocenters. The van der Waals surface area contributed by atoms with E-state index in [1.807, 2.05) is 0 Å². The molecule has 2 fully saturated rings. The maximum Gasteiger partial charge on any atom is 0.0632 e. The molecule has 0 bridgehead atoms. The van der Waals surface area contributed by atoms with Gasteiger partial charge in [0.25, 0.3) is 0 Å². The van der Waals surface area contributed by atoms with E-state index in [-0.39, 0.29) is 0 Å². The van der Waals surface area contributed by atoms with Gasteiger partial charge in [-0.25, -0.2) is 0 Å². The first-order chi connectivity index (χ1) is 10.8. The highest BCUT2D eigenvalue weighted by atomic mass is 15.3. The molecular weight excluding hydrogens is 270 g/mol. The van der Waals surface area contributed by atoms with Gasteiger partial charge in [-0.05, 0) is 30.7 Å². The van der Waals surface area contributed by atoms with Gasteiger partial charge in [0.2, 0.25) is 0 Å². The number of piperazine rings is 1. The van der Waals surface area contributed by atoms with Crippen molar-refractivity contribution < 1.29 is 0 Å². The molecule has 2 aliphatic rings. The second-order valence-corrected chi connectivity index (χ2v) is 7.40. The van der Waals surface area contributed by atoms with Crippen molar-refractivity contribution in [3.8, 4) is 0 Å². The van der Waals surface area contributed by atoms with Crippen LogP contribution < -0.4 is 10.6 Å². The number of hydrogen-bond acceptors (Lipinski definition) is 3. The molecule has 0 aromatic carbocycles. The Morgan fingerprint density at radius 1 is 0.955 bits per heavy atom. The molecule has 3 heteroatoms. The molecule has 0 aromatic heterocycles. The van der Waals surface area contributed by atoms with Crippen LogP contribution in [0.5, 0.6) is 0 Å². The van der Waals surface area contributed by atoms with E-state index in [0.717, 1.165) is 30.3 Å². The van der Waals surface area contributed by atoms with Gasteiger partial charge >= 0.3 is 0 Å². The topological polar surface area (TPSA) is 27.3 Å². The van der Waals surface area contributed by atoms with Gasteiger partial charge in [-0.1, -0.05) is 59.8 Å². The number of rotatable bonds is 7. The third-order valence-corrected chi connectivity index (χ3v) is 6.26. The highest BCUT2D eigenvalue weighted by Crippen LogP contribution is 2.37. The summed E-state index contributed by atoms with van der Waals surface area (Å²) in [6.07, 6.45) is 8.64. The van der Waals surface area contributed by atoms with E-state index in [2.05, 4.69) is 43.2 Å². The Balaban J connectivity index is 2.09. The fourth-order valence-corrected chi connectivity index (χ4v) is 4.98. The van der Waals surface area contributed by atoms with E-state index < -0.39 is 0 Å². The van der Waals surface area contributed by atoms with Gasteiger partial charge in [-0.15, -0.1) is 0 Å². The summed E-state index contributed by atoms with van der Waals surface area (Å²) in [7, 11) is 0. The highest BCUT2D eigenvalue weighted by molar-refractivity contribution is 4.94. The van der Waals surface area contributed by atoms with Crippen molar-refractivity contribution in [1.29, 1.82) is 0 Å². The van der Waals surface area contributed by atoms with Crippen LogP contribution in [0, 0.1) is 17.8 Å². The van der Waals surface area contributed by atoms with Gasteiger partial charge in [0.05, 0.1) is 6.17 Å². The minimum absolute atomic E-state index is 0.613. The molecule has 0 saturated carbocycles. The first-order valence-corrected chi connectivity index (χ1v) is 9.96. The molecule has 2 N–H and O–H groups in total. The van der Waals surface area contributed by atoms with E-state index in [4.69, 9.17) is 0 Å². The average molecular weight is 310 g/mol. The average Bonchev–Trinajstić information content (AvgIpc) is 2.58. The third-order valence-electron chi connectivity index (χ3n) is 6.26. The van der Waals surface area contributed by atoms with Crippen LogP contribution in [0.1, 0.15) is 66.2 Å². The van der Waals surface area contributed by atoms with Crippen LogP contribution in [0.2, 0.25) is 0 Å². The number of nitrogens with one attached hydrogen (secondary N) is 2. The Morgan fingerprint density at radius 3 is 2.36 bits per heavy atom. The number of hydrogen-bond donors (Lipinski definition) is 2. The van der Waals surface area contributed by atoms with Crippen LogP contribution in [-0.2, 0) is 0 Å². The number of unbranched alkanes of at least 4 members (excludes halogenated alkanes) is 1. The van der Waals surface area contributed by atoms with E-state index in [9.17, 15) is 0 Å². The molecule has 0 spiro atoms. The Morgan fingerprint density at radius 2 is 1.73 bits per heavy atom. The zero-order valence-electron chi connectivity index (χ0n) is 15.4. The molecule has 2 aliphatic heterocycles. The Bertz CT molecular complexity index is 307. The van der Waals surface area contributed by atoms with Crippen LogP contribution >= 0.6 is 0 Å². The maximum atomic E-state index is 3.96. The molecule has 0 aromatic rings. The van der Waals surface area contributed by atoms with Crippen molar-refractivity contribution >= 4 is 0 Å². The molecule has 0 aliphatic carbocycles. The van der Waals surface area contributed by atoms with Crippen LogP contribution in [0.4, 0.5) is 0 Å². The van der Waals surface area contributed by atoms with Gasteiger partial charge in [0, 0.05) is 25.7 Å². The molecule has 2 heterocycles. The van der Waals surface area contributed by atoms with Crippen LogP contribution in [0.3, 0.4) is 0 Å². The summed E-state index contributed by atoms with van der Waals surface area (Å²) in [5.74, 6) is 2.61. The predicted octanol–water partition coefficient (Wildman–Crippen LogP) is 3.46. The summed E-state index contributed by atoms with van der Waals surface area (Å²) in [5, 5.41) is 7.58. The van der Waals surface area contributed by atoms with Crippen molar-refractivity contribution in [2.45, 2.75) is 78.4 Å². The first-order valence-electron chi connectivity index (χ1n) is 9.96. The smallest absolute Gasteiger partial charge is 0.0632 e. The van der Waals surface area contributed by atoms with E-state index in [1.54, 1.807) is 0 Å². The maximum absolute atomic E-state index is 3.96. The zero-order valence-corrected chi connectivity index (χ0v) is 15.4. The molecule has 3 nitrogen and oxygen atoms in total. The predicted molar refractivity (Wildman–Crippen MR) is 96.0 cm³/mol. The van der Waals surface area contributed by atoms with Crippen molar-refractivity contribution in [2.24, 2.45) is 17.8 Å². The van der Waals surface area contributed by atoms with Crippen LogP contribution in [0.25, 0.3) is 0 Å². The highest BCUT2D eigenvalue weighted by Gasteiger charge is 2.41. The van der Waals surface area contributed by atoms with Crippen LogP contribution in [0.15, 0.2) is 0 Å². The lowest BCUT2D eigenvalue weighted by Crippen LogP contribution is -2.65. The summed E-state index contributed by atoms with van der Waals surface area (Å²) >= 11 is 0. The SMILES string of the molecule is CCCCC1CNCCN1C1NCC(CC)C(CC)C1CC. The van der Waals surface area contributed by atoms with Crippen molar-refractivity contribution in [3.05, 3.63) is 0 Å². The van der Waals surface area contributed by atoms with Crippen molar-refractivity contribution in [1.82, 2.24) is 15.5 Å². The monoisotopic (exact) mass is 309 g/mol. The molecule has 130 valence electrons. The minimum Gasteiger partial charge on any atom is -0.314 e. The minimum atomic E-state index is 0.613. The Kier molecular flexibility index (Phi) is 7.66.